The van der Waals surface area contributed by atoms with E-state index in [1.807, 2.05) is 17.5 Å². The molecule has 0 unspecified atom stereocenters. The molecule has 0 bridgehead atoms. The Labute approximate surface area is 151 Å². The fourth-order valence-corrected chi connectivity index (χ4v) is 6.67. The summed E-state index contributed by atoms with van der Waals surface area (Å²) in [6, 6.07) is 4.02. The van der Waals surface area contributed by atoms with E-state index >= 15 is 0 Å². The van der Waals surface area contributed by atoms with Gasteiger partial charge < -0.3 is 9.47 Å². The summed E-state index contributed by atoms with van der Waals surface area (Å²) >= 11 is 1.63. The number of carbonyl (C=O) groups is 1. The number of hydrogen-bond acceptors (Lipinski definition) is 5. The number of aryl methyl sites for hydroxylation is 1. The van der Waals surface area contributed by atoms with Crippen molar-refractivity contribution in [1.82, 2.24) is 14.5 Å². The van der Waals surface area contributed by atoms with Crippen LogP contribution in [0.2, 0.25) is 0 Å². The maximum Gasteiger partial charge on any atom is 0.234 e. The van der Waals surface area contributed by atoms with Crippen LogP contribution in [0, 0.1) is 0 Å². The lowest BCUT2D eigenvalue weighted by Crippen LogP contribution is -2.61. The molecular formula is C17H21N3O3S2. The Morgan fingerprint density at radius 2 is 2.04 bits per heavy atom. The summed E-state index contributed by atoms with van der Waals surface area (Å²) in [5, 5.41) is 1.53. The van der Waals surface area contributed by atoms with Crippen molar-refractivity contribution < 1.29 is 13.2 Å². The fraction of sp³-hybridized carbons (Fsp3) is 0.529. The van der Waals surface area contributed by atoms with E-state index in [0.717, 1.165) is 30.6 Å². The van der Waals surface area contributed by atoms with Crippen LogP contribution in [-0.2, 0) is 27.1 Å². The van der Waals surface area contributed by atoms with Gasteiger partial charge in [0, 0.05) is 37.4 Å². The zero-order valence-electron chi connectivity index (χ0n) is 14.1. The lowest BCUT2D eigenvalue weighted by molar-refractivity contribution is -0.140. The Kier molecular flexibility index (Phi) is 3.99. The second-order valence-corrected chi connectivity index (χ2v) is 10.0. The van der Waals surface area contributed by atoms with Gasteiger partial charge in [-0.2, -0.15) is 0 Å². The predicted octanol–water partition coefficient (Wildman–Crippen LogP) is 1.98. The molecular weight excluding hydrogens is 358 g/mol. The average molecular weight is 380 g/mol. The first-order chi connectivity index (χ1) is 11.9. The van der Waals surface area contributed by atoms with Crippen molar-refractivity contribution in [3.63, 3.8) is 0 Å². The van der Waals surface area contributed by atoms with Gasteiger partial charge in [0.15, 0.2) is 0 Å². The van der Waals surface area contributed by atoms with Gasteiger partial charge in [0.2, 0.25) is 20.9 Å². The molecule has 0 radical (unpaired) electrons. The summed E-state index contributed by atoms with van der Waals surface area (Å²) < 4.78 is 26.9. The van der Waals surface area contributed by atoms with Crippen LogP contribution in [0.4, 0.5) is 0 Å². The molecule has 4 rings (SSSR count). The first kappa shape index (κ1) is 16.8. The molecule has 0 spiro atoms. The normalized spacial score (nSPS) is 20.6. The number of nitrogens with zero attached hydrogens (tertiary/aromatic N) is 3. The average Bonchev–Trinajstić information content (AvgIpc) is 3.26. The van der Waals surface area contributed by atoms with Crippen LogP contribution in [0.25, 0.3) is 0 Å². The predicted molar refractivity (Wildman–Crippen MR) is 95.2 cm³/mol. The van der Waals surface area contributed by atoms with Gasteiger partial charge in [-0.05, 0) is 24.3 Å². The lowest BCUT2D eigenvalue weighted by atomic mass is 9.82. The van der Waals surface area contributed by atoms with Gasteiger partial charge in [-0.15, -0.1) is 11.3 Å². The Bertz CT molecular complexity index is 874. The van der Waals surface area contributed by atoms with Gasteiger partial charge in [-0.25, -0.2) is 13.4 Å². The zero-order valence-corrected chi connectivity index (χ0v) is 15.7. The zero-order chi connectivity index (χ0) is 17.7. The van der Waals surface area contributed by atoms with E-state index in [2.05, 4.69) is 4.98 Å². The number of hydrogen-bond donors (Lipinski definition) is 0. The molecule has 0 aromatic carbocycles. The van der Waals surface area contributed by atoms with Gasteiger partial charge in [0.05, 0.1) is 5.41 Å². The fourth-order valence-electron chi connectivity index (χ4n) is 3.97. The lowest BCUT2D eigenvalue weighted by Gasteiger charge is -2.43. The number of imidazole rings is 1. The van der Waals surface area contributed by atoms with E-state index in [0.29, 0.717) is 0 Å². The molecule has 8 heteroatoms. The van der Waals surface area contributed by atoms with Crippen molar-refractivity contribution >= 4 is 27.1 Å². The molecule has 0 N–H and O–H groups in total. The largest absolute Gasteiger partial charge is 0.339 e. The summed E-state index contributed by atoms with van der Waals surface area (Å²) in [6.07, 6.45) is 6.93. The first-order valence-electron chi connectivity index (χ1n) is 8.50. The summed E-state index contributed by atoms with van der Waals surface area (Å²) in [5.74, 6) is 0.0961. The number of likely N-dealkylation sites (tertiary alicyclic amines) is 1. The maximum absolute atomic E-state index is 13.2. The number of rotatable bonds is 4. The monoisotopic (exact) mass is 379 g/mol. The second-order valence-electron chi connectivity index (χ2n) is 6.96. The van der Waals surface area contributed by atoms with Crippen LogP contribution in [0.15, 0.2) is 35.1 Å². The van der Waals surface area contributed by atoms with Crippen molar-refractivity contribution in [3.05, 3.63) is 34.8 Å². The van der Waals surface area contributed by atoms with E-state index < -0.39 is 20.5 Å². The van der Waals surface area contributed by atoms with Crippen LogP contribution in [-0.4, -0.2) is 47.1 Å². The van der Waals surface area contributed by atoms with E-state index in [9.17, 15) is 13.2 Å². The van der Waals surface area contributed by atoms with Gasteiger partial charge in [0.25, 0.3) is 0 Å². The Morgan fingerprint density at radius 1 is 1.32 bits per heavy atom. The molecule has 1 aliphatic carbocycles. The highest BCUT2D eigenvalue weighted by molar-refractivity contribution is 7.92. The summed E-state index contributed by atoms with van der Waals surface area (Å²) in [6.45, 7) is 0.530. The van der Waals surface area contributed by atoms with Crippen LogP contribution < -0.4 is 0 Å². The molecule has 3 heterocycles. The van der Waals surface area contributed by atoms with E-state index in [1.54, 1.807) is 29.5 Å². The van der Waals surface area contributed by atoms with Crippen LogP contribution >= 0.6 is 11.3 Å². The van der Waals surface area contributed by atoms with Gasteiger partial charge >= 0.3 is 0 Å². The smallest absolute Gasteiger partial charge is 0.234 e. The number of aromatic nitrogens is 2. The molecule has 1 aliphatic heterocycles. The minimum absolute atomic E-state index is 0.0819. The third kappa shape index (κ3) is 2.54. The summed E-state index contributed by atoms with van der Waals surface area (Å²) in [4.78, 5) is 20.0. The topological polar surface area (TPSA) is 72.3 Å². The molecule has 25 heavy (non-hydrogen) atoms. The third-order valence-electron chi connectivity index (χ3n) is 5.46. The number of amides is 1. The third-order valence-corrected chi connectivity index (χ3v) is 8.62. The van der Waals surface area contributed by atoms with Crippen LogP contribution in [0.5, 0.6) is 0 Å². The van der Waals surface area contributed by atoms with Gasteiger partial charge in [0.1, 0.15) is 5.25 Å². The molecule has 6 nitrogen and oxygen atoms in total. The molecule has 2 aromatic heterocycles. The molecule has 2 aromatic rings. The Hall–Kier alpha value is -1.67. The van der Waals surface area contributed by atoms with E-state index in [-0.39, 0.29) is 24.2 Å². The van der Waals surface area contributed by atoms with Gasteiger partial charge in [-0.1, -0.05) is 18.9 Å². The number of thiophene rings is 1. The Balaban J connectivity index is 1.52. The Morgan fingerprint density at radius 3 is 2.60 bits per heavy atom. The molecule has 2 aliphatic rings. The summed E-state index contributed by atoms with van der Waals surface area (Å²) in [7, 11) is -1.82. The van der Waals surface area contributed by atoms with Crippen molar-refractivity contribution in [2.45, 2.75) is 41.5 Å². The molecule has 1 saturated carbocycles. The highest BCUT2D eigenvalue weighted by Crippen LogP contribution is 2.45. The van der Waals surface area contributed by atoms with Crippen molar-refractivity contribution in [3.8, 4) is 0 Å². The van der Waals surface area contributed by atoms with Crippen LogP contribution in [0.1, 0.15) is 30.6 Å². The second kappa shape index (κ2) is 5.95. The van der Waals surface area contributed by atoms with E-state index in [1.165, 1.54) is 10.8 Å². The number of carbonyl (C=O) groups excluding carboxylic acids is 1. The molecule has 1 saturated heterocycles. The minimum Gasteiger partial charge on any atom is -0.339 e. The SMILES string of the molecule is Cn1ccnc1S(=O)(=O)C1CN(C(=O)C2(c3cccs3)CCCC2)C1. The molecule has 0 atom stereocenters. The number of sulfone groups is 1. The minimum atomic E-state index is -3.49. The highest BCUT2D eigenvalue weighted by Gasteiger charge is 2.51. The quantitative estimate of drug-likeness (QED) is 0.814. The van der Waals surface area contributed by atoms with Crippen molar-refractivity contribution in [2.75, 3.05) is 13.1 Å². The summed E-state index contributed by atoms with van der Waals surface area (Å²) in [5.41, 5.74) is -0.438. The van der Waals surface area contributed by atoms with Gasteiger partial charge in [-0.3, -0.25) is 4.79 Å². The first-order valence-corrected chi connectivity index (χ1v) is 10.9. The van der Waals surface area contributed by atoms with Crippen LogP contribution in [0.3, 0.4) is 0 Å². The van der Waals surface area contributed by atoms with Crippen molar-refractivity contribution in [2.24, 2.45) is 7.05 Å². The van der Waals surface area contributed by atoms with E-state index in [4.69, 9.17) is 0 Å². The molecule has 1 amide bonds. The highest BCUT2D eigenvalue weighted by atomic mass is 32.2. The molecule has 2 fully saturated rings. The molecule has 134 valence electrons. The van der Waals surface area contributed by atoms with Crippen molar-refractivity contribution in [1.29, 1.82) is 0 Å². The standard InChI is InChI=1S/C17H21N3O3S2/c1-19-9-8-18-16(19)25(22,23)13-11-20(12-13)15(21)17(6-2-3-7-17)14-5-4-10-24-14/h4-5,8-10,13H,2-3,6-7,11-12H2,1H3. The maximum atomic E-state index is 13.2.